The summed E-state index contributed by atoms with van der Waals surface area (Å²) in [6.07, 6.45) is 3.64. The van der Waals surface area contributed by atoms with Crippen molar-refractivity contribution in [3.05, 3.63) is 29.3 Å². The van der Waals surface area contributed by atoms with Gasteiger partial charge in [0.1, 0.15) is 5.75 Å². The highest BCUT2D eigenvalue weighted by atomic mass is 16.5. The molecule has 1 aliphatic rings. The lowest BCUT2D eigenvalue weighted by Crippen LogP contribution is -2.26. The molecule has 18 heavy (non-hydrogen) atoms. The zero-order chi connectivity index (χ0) is 13.2. The van der Waals surface area contributed by atoms with Crippen molar-refractivity contribution in [1.82, 2.24) is 0 Å². The molecule has 1 aromatic carbocycles. The Morgan fingerprint density at radius 3 is 2.89 bits per heavy atom. The van der Waals surface area contributed by atoms with Crippen LogP contribution in [0.5, 0.6) is 5.75 Å². The Bertz CT molecular complexity index is 408. The zero-order valence-electron chi connectivity index (χ0n) is 11.7. The molecule has 1 atom stereocenters. The van der Waals surface area contributed by atoms with E-state index in [1.165, 1.54) is 11.1 Å². The van der Waals surface area contributed by atoms with Gasteiger partial charge in [0.25, 0.3) is 0 Å². The third kappa shape index (κ3) is 3.49. The van der Waals surface area contributed by atoms with Crippen LogP contribution in [-0.2, 0) is 12.8 Å². The summed E-state index contributed by atoms with van der Waals surface area (Å²) in [6.45, 7) is 7.07. The average Bonchev–Trinajstić information content (AvgIpc) is 2.71. The summed E-state index contributed by atoms with van der Waals surface area (Å²) in [5.41, 5.74) is 2.07. The molecule has 0 aromatic heterocycles. The summed E-state index contributed by atoms with van der Waals surface area (Å²) in [5, 5.41) is 10.3. The van der Waals surface area contributed by atoms with Gasteiger partial charge in [0.15, 0.2) is 0 Å². The van der Waals surface area contributed by atoms with Crippen LogP contribution in [0.15, 0.2) is 18.2 Å². The molecule has 0 saturated carbocycles. The summed E-state index contributed by atoms with van der Waals surface area (Å²) in [5.74, 6) is 1.57. The molecule has 0 fully saturated rings. The smallest absolute Gasteiger partial charge is 0.122 e. The van der Waals surface area contributed by atoms with Gasteiger partial charge in [-0.3, -0.25) is 0 Å². The topological polar surface area (TPSA) is 29.5 Å². The molecule has 1 N–H and O–H groups in total. The number of hydrogen-bond donors (Lipinski definition) is 1. The molecule has 0 spiro atoms. The fourth-order valence-electron chi connectivity index (χ4n) is 2.79. The first kappa shape index (κ1) is 13.4. The first-order valence-corrected chi connectivity index (χ1v) is 6.93. The van der Waals surface area contributed by atoms with Crippen LogP contribution in [-0.4, -0.2) is 17.3 Å². The van der Waals surface area contributed by atoms with Crippen LogP contribution in [0.2, 0.25) is 0 Å². The van der Waals surface area contributed by atoms with Gasteiger partial charge in [0.05, 0.1) is 12.2 Å². The van der Waals surface area contributed by atoms with Crippen LogP contribution in [0, 0.1) is 5.92 Å². The van der Waals surface area contributed by atoms with E-state index in [1.54, 1.807) is 0 Å². The summed E-state index contributed by atoms with van der Waals surface area (Å²) in [7, 11) is 0. The van der Waals surface area contributed by atoms with Crippen LogP contribution >= 0.6 is 0 Å². The molecule has 1 aromatic rings. The van der Waals surface area contributed by atoms with Gasteiger partial charge in [-0.05, 0) is 49.3 Å². The molecule has 2 heteroatoms. The highest BCUT2D eigenvalue weighted by molar-refractivity contribution is 5.39. The summed E-state index contributed by atoms with van der Waals surface area (Å²) < 4.78 is 5.50. The molecule has 1 aliphatic heterocycles. The maximum Gasteiger partial charge on any atom is 0.122 e. The Labute approximate surface area is 110 Å². The number of ether oxygens (including phenoxy) is 1. The third-order valence-electron chi connectivity index (χ3n) is 3.55. The average molecular weight is 248 g/mol. The lowest BCUT2D eigenvalue weighted by molar-refractivity contribution is 0.0302. The molecule has 2 nitrogen and oxygen atoms in total. The number of benzene rings is 1. The Morgan fingerprint density at radius 1 is 1.39 bits per heavy atom. The monoisotopic (exact) mass is 248 g/mol. The maximum atomic E-state index is 10.3. The highest BCUT2D eigenvalue weighted by Gasteiger charge is 2.21. The molecular weight excluding hydrogens is 224 g/mol. The molecule has 1 unspecified atom stereocenters. The van der Waals surface area contributed by atoms with Crippen LogP contribution in [0.25, 0.3) is 0 Å². The standard InChI is InChI=1S/C16H24O2/c1-12(2)11-16(3,17)8-6-13-4-5-15-14(10-13)7-9-18-15/h4-5,10,12,17H,6-9,11H2,1-3H3. The second kappa shape index (κ2) is 5.31. The van der Waals surface area contributed by atoms with E-state index < -0.39 is 5.60 Å². The number of hydrogen-bond acceptors (Lipinski definition) is 2. The minimum absolute atomic E-state index is 0.536. The lowest BCUT2D eigenvalue weighted by atomic mass is 9.88. The van der Waals surface area contributed by atoms with Gasteiger partial charge in [-0.1, -0.05) is 26.0 Å². The van der Waals surface area contributed by atoms with Crippen LogP contribution in [0.1, 0.15) is 44.7 Å². The van der Waals surface area contributed by atoms with Crippen molar-refractivity contribution in [1.29, 1.82) is 0 Å². The van der Waals surface area contributed by atoms with Gasteiger partial charge in [0.2, 0.25) is 0 Å². The number of fused-ring (bicyclic) bond motifs is 1. The van der Waals surface area contributed by atoms with E-state index in [1.807, 2.05) is 6.92 Å². The molecule has 0 aliphatic carbocycles. The van der Waals surface area contributed by atoms with Crippen LogP contribution < -0.4 is 4.74 Å². The largest absolute Gasteiger partial charge is 0.493 e. The number of rotatable bonds is 5. The van der Waals surface area contributed by atoms with Gasteiger partial charge in [0, 0.05) is 6.42 Å². The van der Waals surface area contributed by atoms with Crippen molar-refractivity contribution in [3.63, 3.8) is 0 Å². The molecule has 0 amide bonds. The van der Waals surface area contributed by atoms with Gasteiger partial charge in [-0.15, -0.1) is 0 Å². The van der Waals surface area contributed by atoms with E-state index >= 15 is 0 Å². The van der Waals surface area contributed by atoms with Gasteiger partial charge in [-0.25, -0.2) is 0 Å². The third-order valence-corrected chi connectivity index (χ3v) is 3.55. The van der Waals surface area contributed by atoms with Crippen molar-refractivity contribution >= 4 is 0 Å². The summed E-state index contributed by atoms with van der Waals surface area (Å²) in [6, 6.07) is 6.41. The fourth-order valence-corrected chi connectivity index (χ4v) is 2.79. The highest BCUT2D eigenvalue weighted by Crippen LogP contribution is 2.28. The lowest BCUT2D eigenvalue weighted by Gasteiger charge is -2.25. The van der Waals surface area contributed by atoms with Crippen LogP contribution in [0.4, 0.5) is 0 Å². The Morgan fingerprint density at radius 2 is 2.17 bits per heavy atom. The Balaban J connectivity index is 1.94. The summed E-state index contributed by atoms with van der Waals surface area (Å²) in [4.78, 5) is 0. The van der Waals surface area contributed by atoms with Gasteiger partial charge in [-0.2, -0.15) is 0 Å². The first-order chi connectivity index (χ1) is 8.46. The molecular formula is C16H24O2. The quantitative estimate of drug-likeness (QED) is 0.866. The van der Waals surface area contributed by atoms with Crippen molar-refractivity contribution in [3.8, 4) is 5.75 Å². The van der Waals surface area contributed by atoms with Crippen molar-refractivity contribution in [2.45, 2.75) is 52.1 Å². The molecule has 2 rings (SSSR count). The predicted octanol–water partition coefficient (Wildman–Crippen LogP) is 3.35. The summed E-state index contributed by atoms with van der Waals surface area (Å²) >= 11 is 0. The molecule has 0 saturated heterocycles. The number of aliphatic hydroxyl groups is 1. The Kier molecular flexibility index (Phi) is 3.96. The second-order valence-electron chi connectivity index (χ2n) is 6.14. The van der Waals surface area contributed by atoms with E-state index in [9.17, 15) is 5.11 Å². The SMILES string of the molecule is CC(C)CC(C)(O)CCc1ccc2c(c1)CCO2. The molecule has 0 radical (unpaired) electrons. The maximum absolute atomic E-state index is 10.3. The molecule has 100 valence electrons. The Hall–Kier alpha value is -1.02. The van der Waals surface area contributed by atoms with Crippen molar-refractivity contribution in [2.24, 2.45) is 5.92 Å². The first-order valence-electron chi connectivity index (χ1n) is 6.93. The predicted molar refractivity (Wildman–Crippen MR) is 74.0 cm³/mol. The fraction of sp³-hybridized carbons (Fsp3) is 0.625. The molecule has 1 heterocycles. The molecule has 0 bridgehead atoms. The van der Waals surface area contributed by atoms with Crippen molar-refractivity contribution < 1.29 is 9.84 Å². The number of aryl methyl sites for hydroxylation is 1. The van der Waals surface area contributed by atoms with E-state index in [4.69, 9.17) is 4.74 Å². The van der Waals surface area contributed by atoms with E-state index in [-0.39, 0.29) is 0 Å². The normalized spacial score (nSPS) is 17.4. The van der Waals surface area contributed by atoms with E-state index in [2.05, 4.69) is 32.0 Å². The van der Waals surface area contributed by atoms with Gasteiger partial charge >= 0.3 is 0 Å². The van der Waals surface area contributed by atoms with Crippen LogP contribution in [0.3, 0.4) is 0 Å². The minimum atomic E-state index is -0.552. The van der Waals surface area contributed by atoms with Gasteiger partial charge < -0.3 is 9.84 Å². The zero-order valence-corrected chi connectivity index (χ0v) is 11.7. The second-order valence-corrected chi connectivity index (χ2v) is 6.14. The van der Waals surface area contributed by atoms with Crippen molar-refractivity contribution in [2.75, 3.05) is 6.61 Å². The van der Waals surface area contributed by atoms with E-state index in [0.717, 1.165) is 38.0 Å². The van der Waals surface area contributed by atoms with E-state index in [0.29, 0.717) is 5.92 Å². The minimum Gasteiger partial charge on any atom is -0.493 e.